The molecule has 0 atom stereocenters. The molecule has 0 aliphatic rings. The number of aliphatic carboxylic acids is 1. The van der Waals surface area contributed by atoms with Crippen molar-refractivity contribution in [3.05, 3.63) is 113 Å². The fourth-order valence-corrected chi connectivity index (χ4v) is 3.12. The van der Waals surface area contributed by atoms with E-state index in [0.29, 0.717) is 5.56 Å². The van der Waals surface area contributed by atoms with Crippen LogP contribution in [0.15, 0.2) is 102 Å². The van der Waals surface area contributed by atoms with Crippen molar-refractivity contribution in [2.75, 3.05) is 4.90 Å². The Morgan fingerprint density at radius 3 is 1.55 bits per heavy atom. The van der Waals surface area contributed by atoms with Gasteiger partial charge >= 0.3 is 5.97 Å². The molecule has 2 N–H and O–H groups in total. The van der Waals surface area contributed by atoms with E-state index in [4.69, 9.17) is 15.6 Å². The van der Waals surface area contributed by atoms with Crippen LogP contribution in [0, 0.1) is 22.7 Å². The third-order valence-electron chi connectivity index (χ3n) is 4.72. The van der Waals surface area contributed by atoms with E-state index in [1.807, 2.05) is 77.7 Å². The van der Waals surface area contributed by atoms with Gasteiger partial charge in [-0.3, -0.25) is 0 Å². The average Bonchev–Trinajstić information content (AvgIpc) is 2.83. The lowest BCUT2D eigenvalue weighted by Gasteiger charge is -2.25. The average molecular weight is 433 g/mol. The van der Waals surface area contributed by atoms with Gasteiger partial charge in [0.1, 0.15) is 23.5 Å². The zero-order valence-electron chi connectivity index (χ0n) is 17.5. The number of carbonyl (C=O) groups is 1. The first-order chi connectivity index (χ1) is 15.9. The minimum atomic E-state index is -1.27. The van der Waals surface area contributed by atoms with Crippen LogP contribution in [-0.2, 0) is 4.79 Å². The number of hydrogen-bond donors (Lipinski definition) is 2. The molecule has 0 radical (unpaired) electrons. The number of anilines is 3. The van der Waals surface area contributed by atoms with E-state index >= 15 is 0 Å². The molecule has 0 aromatic heterocycles. The molecule has 0 aliphatic heterocycles. The molecule has 0 unspecified atom stereocenters. The van der Waals surface area contributed by atoms with Gasteiger partial charge in [0.15, 0.2) is 0 Å². The number of para-hydroxylation sites is 1. The molecule has 0 saturated heterocycles. The topological polar surface area (TPSA) is 108 Å². The van der Waals surface area contributed by atoms with Gasteiger partial charge in [0, 0.05) is 17.1 Å². The van der Waals surface area contributed by atoms with Gasteiger partial charge in [-0.05, 0) is 59.7 Å². The van der Waals surface area contributed by atoms with E-state index in [1.165, 1.54) is 6.08 Å². The molecular formula is C27H19N3O3. The van der Waals surface area contributed by atoms with Crippen molar-refractivity contribution in [1.82, 2.24) is 0 Å². The number of aliphatic hydroxyl groups excluding tert-OH is 1. The van der Waals surface area contributed by atoms with Crippen LogP contribution < -0.4 is 4.90 Å². The molecule has 0 bridgehead atoms. The number of hydrogen-bond acceptors (Lipinski definition) is 5. The summed E-state index contributed by atoms with van der Waals surface area (Å²) >= 11 is 0. The maximum atomic E-state index is 11.1. The van der Waals surface area contributed by atoms with Gasteiger partial charge in [-0.15, -0.1) is 0 Å². The second-order valence-electron chi connectivity index (χ2n) is 6.95. The summed E-state index contributed by atoms with van der Waals surface area (Å²) in [6, 6.07) is 27.9. The molecule has 6 heteroatoms. The van der Waals surface area contributed by atoms with Crippen LogP contribution in [0.2, 0.25) is 0 Å². The van der Waals surface area contributed by atoms with Crippen molar-refractivity contribution in [2.45, 2.75) is 0 Å². The fraction of sp³-hybridized carbons (Fsp3) is 0. The molecule has 0 amide bonds. The molecule has 6 nitrogen and oxygen atoms in total. The lowest BCUT2D eigenvalue weighted by Crippen LogP contribution is -2.09. The zero-order chi connectivity index (χ0) is 23.8. The Hall–Kier alpha value is -5.07. The Kier molecular flexibility index (Phi) is 7.06. The second kappa shape index (κ2) is 10.3. The Labute approximate surface area is 191 Å². The zero-order valence-corrected chi connectivity index (χ0v) is 17.5. The highest BCUT2D eigenvalue weighted by Crippen LogP contribution is 2.34. The van der Waals surface area contributed by atoms with Crippen molar-refractivity contribution >= 4 is 35.2 Å². The third-order valence-corrected chi connectivity index (χ3v) is 4.72. The fourth-order valence-electron chi connectivity index (χ4n) is 3.12. The molecule has 0 heterocycles. The molecule has 3 aromatic rings. The second-order valence-corrected chi connectivity index (χ2v) is 6.95. The maximum Gasteiger partial charge on any atom is 0.346 e. The quantitative estimate of drug-likeness (QED) is 0.201. The number of carboxylic acids is 1. The van der Waals surface area contributed by atoms with Crippen LogP contribution in [0.5, 0.6) is 0 Å². The number of nitriles is 2. The number of rotatable bonds is 7. The summed E-state index contributed by atoms with van der Waals surface area (Å²) in [7, 11) is 0. The van der Waals surface area contributed by atoms with Crippen molar-refractivity contribution < 1.29 is 15.0 Å². The Balaban J connectivity index is 2.01. The normalized spacial score (nSPS) is 11.2. The van der Waals surface area contributed by atoms with E-state index in [9.17, 15) is 9.90 Å². The predicted molar refractivity (Wildman–Crippen MR) is 128 cm³/mol. The van der Waals surface area contributed by atoms with Gasteiger partial charge in [-0.25, -0.2) is 4.79 Å². The van der Waals surface area contributed by atoms with Crippen molar-refractivity contribution in [3.63, 3.8) is 0 Å². The summed E-state index contributed by atoms with van der Waals surface area (Å²) in [5.41, 5.74) is 3.67. The number of carboxylic acid groups (broad SMARTS) is 1. The molecule has 0 aliphatic carbocycles. The van der Waals surface area contributed by atoms with Crippen LogP contribution in [0.3, 0.4) is 0 Å². The first kappa shape index (κ1) is 22.6. The van der Waals surface area contributed by atoms with E-state index in [1.54, 1.807) is 24.3 Å². The summed E-state index contributed by atoms with van der Waals surface area (Å²) in [4.78, 5) is 13.1. The summed E-state index contributed by atoms with van der Waals surface area (Å²) in [6.45, 7) is 3.39. The van der Waals surface area contributed by atoms with Crippen LogP contribution in [0.1, 0.15) is 11.1 Å². The Morgan fingerprint density at radius 2 is 1.15 bits per heavy atom. The van der Waals surface area contributed by atoms with Gasteiger partial charge < -0.3 is 15.1 Å². The summed E-state index contributed by atoms with van der Waals surface area (Å²) in [5, 5.41) is 36.6. The van der Waals surface area contributed by atoms with Crippen molar-refractivity contribution in [3.8, 4) is 12.1 Å². The Bertz CT molecular complexity index is 1220. The molecule has 160 valence electrons. The molecule has 3 aromatic carbocycles. The first-order valence-electron chi connectivity index (χ1n) is 9.83. The SMILES string of the molecule is C=C(O)/C(C#N)=C/c1ccc(N(c2ccccc2)c2ccc(/C=C(\C#N)C(=O)O)cc2)cc1. The molecule has 0 spiro atoms. The van der Waals surface area contributed by atoms with Crippen LogP contribution in [0.25, 0.3) is 12.2 Å². The highest BCUT2D eigenvalue weighted by atomic mass is 16.4. The smallest absolute Gasteiger partial charge is 0.346 e. The number of allylic oxidation sites excluding steroid dienone is 1. The van der Waals surface area contributed by atoms with E-state index in [-0.39, 0.29) is 16.9 Å². The lowest BCUT2D eigenvalue weighted by molar-refractivity contribution is -0.132. The minimum Gasteiger partial charge on any atom is -0.507 e. The van der Waals surface area contributed by atoms with E-state index in [2.05, 4.69) is 6.58 Å². The maximum absolute atomic E-state index is 11.1. The van der Waals surface area contributed by atoms with Crippen LogP contribution >= 0.6 is 0 Å². The highest BCUT2D eigenvalue weighted by Gasteiger charge is 2.13. The van der Waals surface area contributed by atoms with Gasteiger partial charge in [0.05, 0.1) is 5.57 Å². The highest BCUT2D eigenvalue weighted by molar-refractivity contribution is 5.96. The largest absolute Gasteiger partial charge is 0.507 e. The first-order valence-corrected chi connectivity index (χ1v) is 9.83. The summed E-state index contributed by atoms with van der Waals surface area (Å²) < 4.78 is 0. The molecule has 0 fully saturated rings. The summed E-state index contributed by atoms with van der Waals surface area (Å²) in [6.07, 6.45) is 2.87. The molecule has 3 rings (SSSR count). The Morgan fingerprint density at radius 1 is 0.727 bits per heavy atom. The van der Waals surface area contributed by atoms with Gasteiger partial charge in [0.2, 0.25) is 0 Å². The van der Waals surface area contributed by atoms with Crippen molar-refractivity contribution in [1.29, 1.82) is 10.5 Å². The van der Waals surface area contributed by atoms with Gasteiger partial charge in [-0.1, -0.05) is 49.0 Å². The predicted octanol–water partition coefficient (Wildman–Crippen LogP) is 6.13. The van der Waals surface area contributed by atoms with E-state index in [0.717, 1.165) is 22.6 Å². The van der Waals surface area contributed by atoms with Crippen LogP contribution in [-0.4, -0.2) is 16.2 Å². The molecule has 0 saturated carbocycles. The van der Waals surface area contributed by atoms with Crippen molar-refractivity contribution in [2.24, 2.45) is 0 Å². The minimum absolute atomic E-state index is 0.0874. The lowest BCUT2D eigenvalue weighted by atomic mass is 10.1. The monoisotopic (exact) mass is 433 g/mol. The third kappa shape index (κ3) is 5.55. The van der Waals surface area contributed by atoms with E-state index < -0.39 is 5.97 Å². The standard InChI is InChI=1S/C27H19N3O3/c1-19(31)22(17-28)15-20-7-11-25(12-8-20)30(24-5-3-2-4-6-24)26-13-9-21(10-14-26)16-23(18-29)27(32)33/h2-16,31H,1H2,(H,32,33)/b22-15+,23-16+. The number of benzene rings is 3. The van der Waals surface area contributed by atoms with Gasteiger partial charge in [-0.2, -0.15) is 10.5 Å². The van der Waals surface area contributed by atoms with Crippen LogP contribution in [0.4, 0.5) is 17.1 Å². The van der Waals surface area contributed by atoms with Gasteiger partial charge in [0.25, 0.3) is 0 Å². The summed E-state index contributed by atoms with van der Waals surface area (Å²) in [5.74, 6) is -1.56. The molecular weight excluding hydrogens is 414 g/mol. The number of nitrogens with zero attached hydrogens (tertiary/aromatic N) is 3. The number of aliphatic hydroxyl groups is 1. The molecule has 33 heavy (non-hydrogen) atoms.